The van der Waals surface area contributed by atoms with Crippen molar-refractivity contribution in [2.75, 3.05) is 0 Å². The van der Waals surface area contributed by atoms with Crippen molar-refractivity contribution in [1.82, 2.24) is 10.4 Å². The van der Waals surface area contributed by atoms with Crippen molar-refractivity contribution in [3.05, 3.63) is 53.9 Å². The number of carbonyl (C=O) groups is 1. The second kappa shape index (κ2) is 5.63. The van der Waals surface area contributed by atoms with Gasteiger partial charge in [-0.25, -0.2) is 5.43 Å². The van der Waals surface area contributed by atoms with Crippen molar-refractivity contribution in [3.63, 3.8) is 0 Å². The second-order valence-corrected chi connectivity index (χ2v) is 3.66. The first kappa shape index (κ1) is 12.6. The Hall–Kier alpha value is -2.89. The summed E-state index contributed by atoms with van der Waals surface area (Å²) in [7, 11) is 0. The fourth-order valence-electron chi connectivity index (χ4n) is 1.34. The van der Waals surface area contributed by atoms with E-state index in [2.05, 4.69) is 15.5 Å². The zero-order valence-corrected chi connectivity index (χ0v) is 9.82. The molecule has 0 bridgehead atoms. The number of aromatic hydroxyl groups is 2. The Labute approximate surface area is 109 Å². The average Bonchev–Trinajstić information content (AvgIpc) is 2.43. The number of carbonyl (C=O) groups excluding carboxylic acids is 1. The van der Waals surface area contributed by atoms with Gasteiger partial charge in [0, 0.05) is 6.20 Å². The topological polar surface area (TPSA) is 94.8 Å². The van der Waals surface area contributed by atoms with Gasteiger partial charge in [0.25, 0.3) is 5.91 Å². The molecule has 0 aliphatic rings. The van der Waals surface area contributed by atoms with Gasteiger partial charge in [0.1, 0.15) is 5.69 Å². The van der Waals surface area contributed by atoms with E-state index in [1.165, 1.54) is 24.5 Å². The molecule has 2 rings (SSSR count). The first-order valence-electron chi connectivity index (χ1n) is 5.43. The van der Waals surface area contributed by atoms with Crippen LogP contribution in [0.1, 0.15) is 16.1 Å². The lowest BCUT2D eigenvalue weighted by atomic mass is 10.2. The highest BCUT2D eigenvalue weighted by molar-refractivity contribution is 5.93. The van der Waals surface area contributed by atoms with Gasteiger partial charge in [-0.3, -0.25) is 9.78 Å². The largest absolute Gasteiger partial charge is 0.504 e. The standard InChI is InChI=1S/C13H11N3O3/c17-11-5-4-9(7-12(11)18)8-15-16-13(19)10-3-1-2-6-14-10/h1-8,17-18H,(H,16,19). The Balaban J connectivity index is 2.00. The molecule has 0 aliphatic carbocycles. The van der Waals surface area contributed by atoms with Crippen LogP contribution in [0.15, 0.2) is 47.7 Å². The molecule has 1 aromatic heterocycles. The molecule has 0 saturated heterocycles. The molecule has 2 aromatic rings. The van der Waals surface area contributed by atoms with Gasteiger partial charge in [0.05, 0.1) is 6.21 Å². The van der Waals surface area contributed by atoms with Crippen LogP contribution in [0.2, 0.25) is 0 Å². The van der Waals surface area contributed by atoms with E-state index in [1.54, 1.807) is 24.3 Å². The second-order valence-electron chi connectivity index (χ2n) is 3.66. The maximum absolute atomic E-state index is 11.6. The number of hydrazone groups is 1. The zero-order valence-electron chi connectivity index (χ0n) is 9.82. The third-order valence-electron chi connectivity index (χ3n) is 2.28. The fourth-order valence-corrected chi connectivity index (χ4v) is 1.34. The summed E-state index contributed by atoms with van der Waals surface area (Å²) in [6.45, 7) is 0. The number of benzene rings is 1. The van der Waals surface area contributed by atoms with Gasteiger partial charge < -0.3 is 10.2 Å². The number of phenolic OH excluding ortho intramolecular Hbond substituents is 2. The van der Waals surface area contributed by atoms with Crippen molar-refractivity contribution in [1.29, 1.82) is 0 Å². The normalized spacial score (nSPS) is 10.5. The van der Waals surface area contributed by atoms with Gasteiger partial charge in [0.2, 0.25) is 0 Å². The molecule has 1 heterocycles. The van der Waals surface area contributed by atoms with Crippen molar-refractivity contribution in [2.24, 2.45) is 5.10 Å². The molecule has 3 N–H and O–H groups in total. The summed E-state index contributed by atoms with van der Waals surface area (Å²) in [4.78, 5) is 15.5. The number of hydrogen-bond donors (Lipinski definition) is 3. The average molecular weight is 257 g/mol. The molecule has 6 nitrogen and oxygen atoms in total. The van der Waals surface area contributed by atoms with Crippen LogP contribution in [0, 0.1) is 0 Å². The van der Waals surface area contributed by atoms with Crippen LogP contribution in [0.3, 0.4) is 0 Å². The monoisotopic (exact) mass is 257 g/mol. The van der Waals surface area contributed by atoms with Crippen molar-refractivity contribution in [3.8, 4) is 11.5 Å². The Bertz CT molecular complexity index is 612. The van der Waals surface area contributed by atoms with E-state index in [-0.39, 0.29) is 17.2 Å². The van der Waals surface area contributed by atoms with Crippen LogP contribution in [-0.2, 0) is 0 Å². The molecule has 0 fully saturated rings. The van der Waals surface area contributed by atoms with Crippen molar-refractivity contribution >= 4 is 12.1 Å². The summed E-state index contributed by atoms with van der Waals surface area (Å²) in [6, 6.07) is 9.18. The van der Waals surface area contributed by atoms with Gasteiger partial charge >= 0.3 is 0 Å². The number of nitrogens with zero attached hydrogens (tertiary/aromatic N) is 2. The molecule has 0 unspecified atom stereocenters. The first-order chi connectivity index (χ1) is 9.16. The van der Waals surface area contributed by atoms with Crippen LogP contribution in [0.5, 0.6) is 11.5 Å². The van der Waals surface area contributed by atoms with Gasteiger partial charge in [0.15, 0.2) is 11.5 Å². The number of pyridine rings is 1. The van der Waals surface area contributed by atoms with Crippen LogP contribution >= 0.6 is 0 Å². The van der Waals surface area contributed by atoms with Crippen molar-refractivity contribution < 1.29 is 15.0 Å². The van der Waals surface area contributed by atoms with E-state index >= 15 is 0 Å². The minimum absolute atomic E-state index is 0.213. The Morgan fingerprint density at radius 1 is 1.21 bits per heavy atom. The van der Waals surface area contributed by atoms with E-state index < -0.39 is 5.91 Å². The Kier molecular flexibility index (Phi) is 3.72. The molecule has 0 spiro atoms. The molecule has 96 valence electrons. The molecule has 1 aromatic carbocycles. The minimum atomic E-state index is -0.431. The summed E-state index contributed by atoms with van der Waals surface area (Å²) in [6.07, 6.45) is 2.86. The molecule has 0 atom stereocenters. The lowest BCUT2D eigenvalue weighted by Crippen LogP contribution is -2.18. The summed E-state index contributed by atoms with van der Waals surface area (Å²) in [5.74, 6) is -0.894. The molecular formula is C13H11N3O3. The highest BCUT2D eigenvalue weighted by Crippen LogP contribution is 2.23. The molecule has 19 heavy (non-hydrogen) atoms. The number of nitrogens with one attached hydrogen (secondary N) is 1. The predicted octanol–water partition coefficient (Wildman–Crippen LogP) is 1.26. The van der Waals surface area contributed by atoms with E-state index in [9.17, 15) is 9.90 Å². The molecule has 0 aliphatic heterocycles. The Morgan fingerprint density at radius 3 is 2.74 bits per heavy atom. The zero-order chi connectivity index (χ0) is 13.7. The molecule has 1 amide bonds. The summed E-state index contributed by atoms with van der Waals surface area (Å²) >= 11 is 0. The van der Waals surface area contributed by atoms with E-state index in [0.717, 1.165) is 0 Å². The van der Waals surface area contributed by atoms with E-state index in [1.807, 2.05) is 0 Å². The molecule has 0 saturated carbocycles. The van der Waals surface area contributed by atoms with Crippen LogP contribution < -0.4 is 5.43 Å². The maximum atomic E-state index is 11.6. The number of aromatic nitrogens is 1. The summed E-state index contributed by atoms with van der Waals surface area (Å²) in [5, 5.41) is 22.1. The number of hydrogen-bond acceptors (Lipinski definition) is 5. The third kappa shape index (κ3) is 3.29. The van der Waals surface area contributed by atoms with E-state index in [4.69, 9.17) is 5.11 Å². The Morgan fingerprint density at radius 2 is 2.05 bits per heavy atom. The summed E-state index contributed by atoms with van der Waals surface area (Å²) < 4.78 is 0. The van der Waals surface area contributed by atoms with Gasteiger partial charge in [-0.05, 0) is 35.9 Å². The van der Waals surface area contributed by atoms with Gasteiger partial charge in [-0.15, -0.1) is 0 Å². The van der Waals surface area contributed by atoms with Crippen LogP contribution in [0.25, 0.3) is 0 Å². The fraction of sp³-hybridized carbons (Fsp3) is 0. The smallest absolute Gasteiger partial charge is 0.289 e. The third-order valence-corrected chi connectivity index (χ3v) is 2.28. The van der Waals surface area contributed by atoms with Gasteiger partial charge in [-0.1, -0.05) is 6.07 Å². The van der Waals surface area contributed by atoms with E-state index in [0.29, 0.717) is 5.56 Å². The quantitative estimate of drug-likeness (QED) is 0.438. The molecule has 6 heteroatoms. The highest BCUT2D eigenvalue weighted by atomic mass is 16.3. The maximum Gasteiger partial charge on any atom is 0.289 e. The van der Waals surface area contributed by atoms with Crippen LogP contribution in [0.4, 0.5) is 0 Å². The van der Waals surface area contributed by atoms with Crippen molar-refractivity contribution in [2.45, 2.75) is 0 Å². The SMILES string of the molecule is O=C(NN=Cc1ccc(O)c(O)c1)c1ccccn1. The predicted molar refractivity (Wildman–Crippen MR) is 69.1 cm³/mol. The van der Waals surface area contributed by atoms with Gasteiger partial charge in [-0.2, -0.15) is 5.10 Å². The number of phenols is 2. The minimum Gasteiger partial charge on any atom is -0.504 e. The number of amides is 1. The van der Waals surface area contributed by atoms with Crippen LogP contribution in [-0.4, -0.2) is 27.3 Å². The first-order valence-corrected chi connectivity index (χ1v) is 5.43. The lowest BCUT2D eigenvalue weighted by Gasteiger charge is -1.99. The summed E-state index contributed by atoms with van der Waals surface area (Å²) in [5.41, 5.74) is 3.10. The molecule has 0 radical (unpaired) electrons. The molecular weight excluding hydrogens is 246 g/mol. The highest BCUT2D eigenvalue weighted by Gasteiger charge is 2.03. The lowest BCUT2D eigenvalue weighted by molar-refractivity contribution is 0.0950. The number of rotatable bonds is 3.